The Balaban J connectivity index is 1.32. The highest BCUT2D eigenvalue weighted by molar-refractivity contribution is 5.95. The zero-order chi connectivity index (χ0) is 26.2. The van der Waals surface area contributed by atoms with Gasteiger partial charge in [-0.25, -0.2) is 4.39 Å². The van der Waals surface area contributed by atoms with Crippen molar-refractivity contribution in [1.82, 2.24) is 14.7 Å². The summed E-state index contributed by atoms with van der Waals surface area (Å²) in [4.78, 5) is 26.5. The molecule has 2 fully saturated rings. The Kier molecular flexibility index (Phi) is 6.69. The lowest BCUT2D eigenvalue weighted by atomic mass is 9.83. The fraction of sp³-hybridized carbons (Fsp3) is 0.429. The number of amides is 1. The lowest BCUT2D eigenvalue weighted by Gasteiger charge is -2.43. The molecular formula is C28H30FN5O3. The monoisotopic (exact) mass is 503 g/mol. The summed E-state index contributed by atoms with van der Waals surface area (Å²) < 4.78 is 23.0. The summed E-state index contributed by atoms with van der Waals surface area (Å²) in [6.45, 7) is 3.12. The van der Waals surface area contributed by atoms with Crippen LogP contribution in [0.25, 0.3) is 11.3 Å². The maximum absolute atomic E-state index is 15.9. The number of alkyl halides is 1. The molecule has 2 atom stereocenters. The van der Waals surface area contributed by atoms with Gasteiger partial charge in [0.1, 0.15) is 29.0 Å². The van der Waals surface area contributed by atoms with Gasteiger partial charge in [0.25, 0.3) is 5.91 Å². The third-order valence-corrected chi connectivity index (χ3v) is 7.52. The first-order valence-electron chi connectivity index (χ1n) is 12.6. The van der Waals surface area contributed by atoms with Crippen molar-refractivity contribution < 1.29 is 18.4 Å². The number of likely N-dealkylation sites (tertiary alicyclic amines) is 1. The molecule has 1 amide bonds. The molecule has 0 spiro atoms. The molecule has 1 aliphatic heterocycles. The number of nitrogens with zero attached hydrogens (tertiary/aromatic N) is 4. The number of rotatable bonds is 9. The van der Waals surface area contributed by atoms with Crippen molar-refractivity contribution in [2.75, 3.05) is 13.1 Å². The van der Waals surface area contributed by atoms with E-state index in [4.69, 9.17) is 10.2 Å². The molecule has 0 radical (unpaired) electrons. The summed E-state index contributed by atoms with van der Waals surface area (Å²) in [6, 6.07) is 14.0. The number of carbonyl (C=O) groups is 2. The average Bonchev–Trinajstić information content (AvgIpc) is 3.50. The van der Waals surface area contributed by atoms with E-state index < -0.39 is 17.6 Å². The summed E-state index contributed by atoms with van der Waals surface area (Å²) in [5, 5.41) is 14.0. The normalized spacial score (nSPS) is 22.0. The van der Waals surface area contributed by atoms with E-state index in [1.165, 1.54) is 10.9 Å². The number of hydrogen-bond acceptors (Lipinski definition) is 6. The number of halogens is 1. The maximum Gasteiger partial charge on any atom is 0.252 e. The van der Waals surface area contributed by atoms with Crippen LogP contribution in [0.15, 0.2) is 47.0 Å². The number of Topliss-reactive ketones (excluding diaryl/α,β-unsaturated/α-hetero) is 1. The Hall–Kier alpha value is -3.77. The van der Waals surface area contributed by atoms with Crippen LogP contribution in [0.3, 0.4) is 0 Å². The second-order valence-electron chi connectivity index (χ2n) is 10.2. The number of aryl methyl sites for hydroxylation is 1. The molecule has 37 heavy (non-hydrogen) atoms. The summed E-state index contributed by atoms with van der Waals surface area (Å²) in [7, 11) is 0. The van der Waals surface area contributed by atoms with Crippen molar-refractivity contribution in [3.05, 3.63) is 65.2 Å². The van der Waals surface area contributed by atoms with Gasteiger partial charge in [-0.15, -0.1) is 0 Å². The van der Waals surface area contributed by atoms with E-state index >= 15 is 4.39 Å². The van der Waals surface area contributed by atoms with E-state index in [2.05, 4.69) is 11.2 Å². The van der Waals surface area contributed by atoms with Crippen molar-refractivity contribution >= 4 is 11.7 Å². The highest BCUT2D eigenvalue weighted by Crippen LogP contribution is 2.37. The number of piperidine rings is 1. The molecule has 2 aromatic heterocycles. The highest BCUT2D eigenvalue weighted by atomic mass is 19.1. The molecule has 1 aliphatic carbocycles. The minimum Gasteiger partial charge on any atom is -0.461 e. The topological polar surface area (TPSA) is 118 Å². The molecule has 1 saturated heterocycles. The van der Waals surface area contributed by atoms with Crippen LogP contribution in [0.1, 0.15) is 53.1 Å². The second kappa shape index (κ2) is 9.94. The number of furan rings is 1. The number of hydrogen-bond donors (Lipinski definition) is 1. The van der Waals surface area contributed by atoms with E-state index in [9.17, 15) is 14.9 Å². The summed E-state index contributed by atoms with van der Waals surface area (Å²) in [6.07, 6.45) is 1.94. The van der Waals surface area contributed by atoms with Crippen LogP contribution in [0.4, 0.5) is 4.39 Å². The van der Waals surface area contributed by atoms with Crippen molar-refractivity contribution in [2.45, 2.75) is 57.3 Å². The standard InChI is InChI=1S/C28H30FN5O3/c1-18-2-9-25(37-18)21-5-3-19(4-6-21)15-33-13-11-28(10-12-30,26(29)17-33)34-16-22(27(31)36)23(32-34)14-24(35)20-7-8-20/h2-6,9,16,20,26H,7-8,10-11,13-15,17H2,1H3,(H2,31,36). The average molecular weight is 504 g/mol. The van der Waals surface area contributed by atoms with E-state index in [-0.39, 0.29) is 42.3 Å². The van der Waals surface area contributed by atoms with Crippen LogP contribution in [0.2, 0.25) is 0 Å². The van der Waals surface area contributed by atoms with Crippen LogP contribution in [-0.2, 0) is 23.3 Å². The first-order chi connectivity index (χ1) is 17.8. The van der Waals surface area contributed by atoms with E-state index in [0.29, 0.717) is 19.5 Å². The largest absolute Gasteiger partial charge is 0.461 e. The summed E-state index contributed by atoms with van der Waals surface area (Å²) in [5.41, 5.74) is 6.74. The van der Waals surface area contributed by atoms with Gasteiger partial charge in [0.05, 0.1) is 30.2 Å². The molecule has 1 saturated carbocycles. The molecule has 192 valence electrons. The summed E-state index contributed by atoms with van der Waals surface area (Å²) >= 11 is 0. The Bertz CT molecular complexity index is 1350. The maximum atomic E-state index is 15.9. The predicted molar refractivity (Wildman–Crippen MR) is 134 cm³/mol. The van der Waals surface area contributed by atoms with Crippen LogP contribution in [-0.4, -0.2) is 45.6 Å². The van der Waals surface area contributed by atoms with Crippen molar-refractivity contribution in [1.29, 1.82) is 5.26 Å². The minimum atomic E-state index is -1.40. The molecule has 3 heterocycles. The number of benzene rings is 1. The van der Waals surface area contributed by atoms with Gasteiger partial charge in [-0.1, -0.05) is 24.3 Å². The Labute approximate surface area is 214 Å². The van der Waals surface area contributed by atoms with Gasteiger partial charge >= 0.3 is 0 Å². The molecule has 3 aromatic rings. The van der Waals surface area contributed by atoms with Gasteiger partial charge in [0, 0.05) is 37.3 Å². The van der Waals surface area contributed by atoms with Gasteiger partial charge in [-0.3, -0.25) is 19.2 Å². The zero-order valence-electron chi connectivity index (χ0n) is 20.8. The fourth-order valence-corrected chi connectivity index (χ4v) is 5.13. The molecule has 2 unspecified atom stereocenters. The van der Waals surface area contributed by atoms with Gasteiger partial charge in [-0.2, -0.15) is 10.4 Å². The number of nitriles is 1. The first kappa shape index (κ1) is 24.9. The number of carbonyl (C=O) groups excluding carboxylic acids is 2. The van der Waals surface area contributed by atoms with Gasteiger partial charge in [0.2, 0.25) is 0 Å². The predicted octanol–water partition coefficient (Wildman–Crippen LogP) is 3.93. The molecule has 9 heteroatoms. The summed E-state index contributed by atoms with van der Waals surface area (Å²) in [5.74, 6) is 0.970. The number of primary amides is 1. The second-order valence-corrected chi connectivity index (χ2v) is 10.2. The molecule has 5 rings (SSSR count). The quantitative estimate of drug-likeness (QED) is 0.473. The third-order valence-electron chi connectivity index (χ3n) is 7.52. The van der Waals surface area contributed by atoms with Crippen molar-refractivity contribution in [3.63, 3.8) is 0 Å². The molecule has 8 nitrogen and oxygen atoms in total. The van der Waals surface area contributed by atoms with Crippen molar-refractivity contribution in [3.8, 4) is 17.4 Å². The number of nitrogens with two attached hydrogens (primary N) is 1. The Morgan fingerprint density at radius 1 is 1.24 bits per heavy atom. The van der Waals surface area contributed by atoms with Crippen LogP contribution in [0, 0.1) is 24.2 Å². The van der Waals surface area contributed by atoms with Gasteiger partial charge in [0.15, 0.2) is 0 Å². The van der Waals surface area contributed by atoms with Crippen molar-refractivity contribution in [2.24, 2.45) is 11.7 Å². The lowest BCUT2D eigenvalue weighted by molar-refractivity contribution is -0.119. The molecule has 1 aromatic carbocycles. The van der Waals surface area contributed by atoms with Crippen LogP contribution >= 0.6 is 0 Å². The minimum absolute atomic E-state index is 0.00474. The SMILES string of the molecule is Cc1ccc(-c2ccc(CN3CCC(CC#N)(n4cc(C(N)=O)c(CC(=O)C5CC5)n4)C(F)C3)cc2)o1. The lowest BCUT2D eigenvalue weighted by Crippen LogP contribution is -2.54. The van der Waals surface area contributed by atoms with Crippen LogP contribution in [0.5, 0.6) is 0 Å². The molecular weight excluding hydrogens is 473 g/mol. The highest BCUT2D eigenvalue weighted by Gasteiger charge is 2.46. The van der Waals surface area contributed by atoms with Crippen LogP contribution < -0.4 is 5.73 Å². The first-order valence-corrected chi connectivity index (χ1v) is 12.6. The zero-order valence-corrected chi connectivity index (χ0v) is 20.8. The Morgan fingerprint density at radius 3 is 2.59 bits per heavy atom. The van der Waals surface area contributed by atoms with E-state index in [1.54, 1.807) is 0 Å². The smallest absolute Gasteiger partial charge is 0.252 e. The third kappa shape index (κ3) is 5.07. The number of aromatic nitrogens is 2. The van der Waals surface area contributed by atoms with E-state index in [0.717, 1.165) is 35.5 Å². The number of ketones is 1. The van der Waals surface area contributed by atoms with Gasteiger partial charge in [-0.05, 0) is 43.9 Å². The van der Waals surface area contributed by atoms with E-state index in [1.807, 2.05) is 48.2 Å². The fourth-order valence-electron chi connectivity index (χ4n) is 5.13. The van der Waals surface area contributed by atoms with Gasteiger partial charge < -0.3 is 10.2 Å². The molecule has 2 N–H and O–H groups in total. The molecule has 0 bridgehead atoms. The molecule has 2 aliphatic rings. The Morgan fingerprint density at radius 2 is 2.00 bits per heavy atom.